The van der Waals surface area contributed by atoms with Crippen LogP contribution in [0.25, 0.3) is 0 Å². The quantitative estimate of drug-likeness (QED) is 0.751. The fourth-order valence-corrected chi connectivity index (χ4v) is 2.37. The highest BCUT2D eigenvalue weighted by molar-refractivity contribution is 5.89. The normalized spacial score (nSPS) is 19.4. The molecule has 1 aliphatic heterocycles. The van der Waals surface area contributed by atoms with E-state index < -0.39 is 24.1 Å². The third-order valence-corrected chi connectivity index (χ3v) is 3.76. The van der Waals surface area contributed by atoms with E-state index in [0.717, 1.165) is 0 Å². The lowest BCUT2D eigenvalue weighted by Gasteiger charge is -2.17. The van der Waals surface area contributed by atoms with Gasteiger partial charge in [-0.1, -0.05) is 36.4 Å². The van der Waals surface area contributed by atoms with Crippen molar-refractivity contribution in [2.24, 2.45) is 0 Å². The summed E-state index contributed by atoms with van der Waals surface area (Å²) >= 11 is 0. The van der Waals surface area contributed by atoms with Crippen LogP contribution in [0.1, 0.15) is 20.7 Å². The Hall–Kier alpha value is -2.70. The smallest absolute Gasteiger partial charge is 0.338 e. The number of hydrogen-bond donors (Lipinski definition) is 0. The SMILES string of the molecule is O=C(OC[C@H]1OCO[C@@H]1COC(=O)c1ccccc1)c1ccccc1. The summed E-state index contributed by atoms with van der Waals surface area (Å²) < 4.78 is 21.3. The molecule has 1 heterocycles. The van der Waals surface area contributed by atoms with Crippen molar-refractivity contribution in [3.63, 3.8) is 0 Å². The summed E-state index contributed by atoms with van der Waals surface area (Å²) in [5, 5.41) is 0. The van der Waals surface area contributed by atoms with Gasteiger partial charge in [0.25, 0.3) is 0 Å². The number of carbonyl (C=O) groups is 2. The Balaban J connectivity index is 1.47. The Morgan fingerprint density at radius 3 is 1.56 bits per heavy atom. The predicted molar refractivity (Wildman–Crippen MR) is 88.1 cm³/mol. The lowest BCUT2D eigenvalue weighted by molar-refractivity contribution is 0.00330. The second-order valence-electron chi connectivity index (χ2n) is 5.46. The van der Waals surface area contributed by atoms with Gasteiger partial charge in [-0.25, -0.2) is 9.59 Å². The van der Waals surface area contributed by atoms with Crippen molar-refractivity contribution < 1.29 is 28.5 Å². The topological polar surface area (TPSA) is 71.1 Å². The minimum Gasteiger partial charge on any atom is -0.459 e. The lowest BCUT2D eigenvalue weighted by atomic mass is 10.2. The molecule has 0 spiro atoms. The predicted octanol–water partition coefficient (Wildman–Crippen LogP) is 2.44. The van der Waals surface area contributed by atoms with Gasteiger partial charge in [-0.05, 0) is 24.3 Å². The molecule has 6 nitrogen and oxygen atoms in total. The van der Waals surface area contributed by atoms with Crippen molar-refractivity contribution in [1.29, 1.82) is 0 Å². The fourth-order valence-electron chi connectivity index (χ4n) is 2.37. The number of esters is 2. The van der Waals surface area contributed by atoms with Gasteiger partial charge in [-0.2, -0.15) is 0 Å². The summed E-state index contributed by atoms with van der Waals surface area (Å²) in [5.41, 5.74) is 0.932. The molecule has 6 heteroatoms. The zero-order chi connectivity index (χ0) is 17.5. The third-order valence-electron chi connectivity index (χ3n) is 3.76. The van der Waals surface area contributed by atoms with Crippen molar-refractivity contribution >= 4 is 11.9 Å². The summed E-state index contributed by atoms with van der Waals surface area (Å²) in [6, 6.07) is 17.4. The van der Waals surface area contributed by atoms with Crippen LogP contribution in [0.4, 0.5) is 0 Å². The number of carbonyl (C=O) groups excluding carboxylic acids is 2. The van der Waals surface area contributed by atoms with Crippen LogP contribution in [0.5, 0.6) is 0 Å². The highest BCUT2D eigenvalue weighted by Gasteiger charge is 2.32. The highest BCUT2D eigenvalue weighted by atomic mass is 16.7. The molecular weight excluding hydrogens is 324 g/mol. The Morgan fingerprint density at radius 1 is 0.760 bits per heavy atom. The molecule has 3 rings (SSSR count). The second kappa shape index (κ2) is 8.41. The van der Waals surface area contributed by atoms with E-state index in [0.29, 0.717) is 11.1 Å². The van der Waals surface area contributed by atoms with Gasteiger partial charge in [-0.15, -0.1) is 0 Å². The van der Waals surface area contributed by atoms with E-state index in [9.17, 15) is 9.59 Å². The molecule has 0 unspecified atom stereocenters. The van der Waals surface area contributed by atoms with Gasteiger partial charge in [0.15, 0.2) is 0 Å². The van der Waals surface area contributed by atoms with Crippen LogP contribution < -0.4 is 0 Å². The van der Waals surface area contributed by atoms with Crippen LogP contribution in [-0.4, -0.2) is 44.2 Å². The Kier molecular flexibility index (Phi) is 5.77. The van der Waals surface area contributed by atoms with E-state index in [2.05, 4.69) is 0 Å². The standard InChI is InChI=1S/C19H18O6/c20-18(14-7-3-1-4-8-14)22-11-16-17(25-13-24-16)12-23-19(21)15-9-5-2-6-10-15/h1-10,16-17H,11-13H2/t16-,17-/m1/s1. The summed E-state index contributed by atoms with van der Waals surface area (Å²) in [6.07, 6.45) is -0.951. The first-order valence-corrected chi connectivity index (χ1v) is 7.91. The van der Waals surface area contributed by atoms with Gasteiger partial charge < -0.3 is 18.9 Å². The van der Waals surface area contributed by atoms with Crippen LogP contribution in [0.15, 0.2) is 60.7 Å². The van der Waals surface area contributed by atoms with Crippen molar-refractivity contribution in [3.05, 3.63) is 71.8 Å². The Morgan fingerprint density at radius 2 is 1.16 bits per heavy atom. The molecule has 0 amide bonds. The number of ether oxygens (including phenoxy) is 4. The van der Waals surface area contributed by atoms with E-state index in [1.54, 1.807) is 48.5 Å². The average molecular weight is 342 g/mol. The second-order valence-corrected chi connectivity index (χ2v) is 5.46. The van der Waals surface area contributed by atoms with Gasteiger partial charge in [0.1, 0.15) is 32.2 Å². The van der Waals surface area contributed by atoms with Crippen molar-refractivity contribution in [2.75, 3.05) is 20.0 Å². The van der Waals surface area contributed by atoms with E-state index in [-0.39, 0.29) is 20.0 Å². The maximum Gasteiger partial charge on any atom is 0.338 e. The fraction of sp³-hybridized carbons (Fsp3) is 0.263. The molecule has 0 N–H and O–H groups in total. The molecule has 0 aliphatic carbocycles. The van der Waals surface area contributed by atoms with Crippen LogP contribution in [0.2, 0.25) is 0 Å². The van der Waals surface area contributed by atoms with Gasteiger partial charge >= 0.3 is 11.9 Å². The first kappa shape index (κ1) is 17.1. The van der Waals surface area contributed by atoms with Crippen LogP contribution >= 0.6 is 0 Å². The molecule has 0 bridgehead atoms. The van der Waals surface area contributed by atoms with Crippen LogP contribution in [0.3, 0.4) is 0 Å². The third kappa shape index (κ3) is 4.65. The first-order chi connectivity index (χ1) is 12.2. The van der Waals surface area contributed by atoms with Crippen molar-refractivity contribution in [3.8, 4) is 0 Å². The first-order valence-electron chi connectivity index (χ1n) is 7.91. The summed E-state index contributed by atoms with van der Waals surface area (Å²) in [6.45, 7) is 0.129. The number of hydrogen-bond acceptors (Lipinski definition) is 6. The molecular formula is C19H18O6. The van der Waals surface area contributed by atoms with Gasteiger partial charge in [0.2, 0.25) is 0 Å². The maximum absolute atomic E-state index is 12.0. The van der Waals surface area contributed by atoms with E-state index in [1.165, 1.54) is 0 Å². The van der Waals surface area contributed by atoms with E-state index in [1.807, 2.05) is 12.1 Å². The zero-order valence-corrected chi connectivity index (χ0v) is 13.5. The molecule has 1 aliphatic rings. The Bertz CT molecular complexity index is 639. The molecule has 130 valence electrons. The molecule has 2 aromatic rings. The van der Waals surface area contributed by atoms with Crippen LogP contribution in [-0.2, 0) is 18.9 Å². The van der Waals surface area contributed by atoms with Crippen LogP contribution in [0, 0.1) is 0 Å². The molecule has 0 aromatic heterocycles. The molecule has 1 fully saturated rings. The molecule has 25 heavy (non-hydrogen) atoms. The van der Waals surface area contributed by atoms with Crippen molar-refractivity contribution in [2.45, 2.75) is 12.2 Å². The average Bonchev–Trinajstić information content (AvgIpc) is 3.13. The molecule has 1 saturated heterocycles. The largest absolute Gasteiger partial charge is 0.459 e. The number of rotatable bonds is 6. The maximum atomic E-state index is 12.0. The highest BCUT2D eigenvalue weighted by Crippen LogP contribution is 2.15. The molecule has 0 radical (unpaired) electrons. The summed E-state index contributed by atoms with van der Waals surface area (Å²) in [7, 11) is 0. The monoisotopic (exact) mass is 342 g/mol. The number of benzene rings is 2. The van der Waals surface area contributed by atoms with E-state index >= 15 is 0 Å². The summed E-state index contributed by atoms with van der Waals surface area (Å²) in [4.78, 5) is 23.9. The minimum atomic E-state index is -0.476. The molecule has 2 atom stereocenters. The zero-order valence-electron chi connectivity index (χ0n) is 13.5. The lowest BCUT2D eigenvalue weighted by Crippen LogP contribution is -2.33. The molecule has 2 aromatic carbocycles. The van der Waals surface area contributed by atoms with Gasteiger partial charge in [-0.3, -0.25) is 0 Å². The summed E-state index contributed by atoms with van der Waals surface area (Å²) in [5.74, 6) is -0.868. The van der Waals surface area contributed by atoms with Gasteiger partial charge in [0, 0.05) is 0 Å². The van der Waals surface area contributed by atoms with Crippen molar-refractivity contribution in [1.82, 2.24) is 0 Å². The molecule has 0 saturated carbocycles. The van der Waals surface area contributed by atoms with E-state index in [4.69, 9.17) is 18.9 Å². The Labute approximate surface area is 145 Å². The van der Waals surface area contributed by atoms with Gasteiger partial charge in [0.05, 0.1) is 11.1 Å². The minimum absolute atomic E-state index is 0.0290.